The molecule has 5 heterocycles. The maximum absolute atomic E-state index is 13.9. The number of nitrogens with one attached hydrogen (secondary N) is 3. The fraction of sp³-hybridized carbons (Fsp3) is 0.477. The van der Waals surface area contributed by atoms with E-state index >= 15 is 0 Å². The van der Waals surface area contributed by atoms with Crippen molar-refractivity contribution in [1.29, 1.82) is 5.41 Å². The monoisotopic (exact) mass is 915 g/mol. The molecule has 1 aliphatic carbocycles. The van der Waals surface area contributed by atoms with Gasteiger partial charge in [-0.3, -0.25) is 48.7 Å². The lowest BCUT2D eigenvalue weighted by Gasteiger charge is -2.39. The second-order valence-corrected chi connectivity index (χ2v) is 19.1. The second kappa shape index (κ2) is 19.7. The zero-order valence-corrected chi connectivity index (χ0v) is 37.0. The van der Waals surface area contributed by atoms with Crippen LogP contribution in [0.4, 0.5) is 0 Å². The Morgan fingerprint density at radius 1 is 1.06 bits per heavy atom. The molecule has 2 fully saturated rings. The number of ketones is 4. The van der Waals surface area contributed by atoms with Gasteiger partial charge in [-0.25, -0.2) is 4.98 Å². The van der Waals surface area contributed by atoms with Gasteiger partial charge in [0, 0.05) is 97.7 Å². The van der Waals surface area contributed by atoms with Crippen LogP contribution in [0.2, 0.25) is 0 Å². The van der Waals surface area contributed by atoms with Crippen molar-refractivity contribution in [3.63, 3.8) is 0 Å². The number of hydrogen-bond donors (Lipinski definition) is 5. The first kappa shape index (κ1) is 46.4. The van der Waals surface area contributed by atoms with Crippen molar-refractivity contribution in [2.45, 2.75) is 88.9 Å². The molecule has 0 unspecified atom stereocenters. The highest BCUT2D eigenvalue weighted by Crippen LogP contribution is 2.57. The number of carboxylic acids is 1. The number of aromatic nitrogens is 2. The molecule has 0 saturated carbocycles. The first-order valence-corrected chi connectivity index (χ1v) is 23.5. The highest BCUT2D eigenvalue weighted by Gasteiger charge is 2.72. The number of nitrogens with two attached hydrogens (primary N) is 1. The van der Waals surface area contributed by atoms with Crippen LogP contribution in [-0.4, -0.2) is 122 Å². The summed E-state index contributed by atoms with van der Waals surface area (Å²) in [7, 11) is 4.42. The van der Waals surface area contributed by atoms with Gasteiger partial charge >= 0.3 is 11.9 Å². The van der Waals surface area contributed by atoms with E-state index in [1.165, 1.54) is 35.6 Å². The predicted octanol–water partition coefficient (Wildman–Crippen LogP) is 2.47. The lowest BCUT2D eigenvalue weighted by Crippen LogP contribution is -2.54. The van der Waals surface area contributed by atoms with Crippen LogP contribution in [0.5, 0.6) is 0 Å². The van der Waals surface area contributed by atoms with Crippen LogP contribution >= 0.6 is 21.6 Å². The second-order valence-electron chi connectivity index (χ2n) is 16.4. The number of amides is 2. The van der Waals surface area contributed by atoms with Gasteiger partial charge in [0.15, 0.2) is 23.0 Å². The van der Waals surface area contributed by atoms with Gasteiger partial charge in [-0.15, -0.1) is 0 Å². The van der Waals surface area contributed by atoms with Crippen LogP contribution in [0.1, 0.15) is 89.7 Å². The van der Waals surface area contributed by atoms with Crippen LogP contribution in [-0.2, 0) is 57.5 Å². The fourth-order valence-corrected chi connectivity index (χ4v) is 10.9. The number of amidine groups is 1. The molecule has 2 saturated heterocycles. The number of allylic oxidation sites excluding steroid dienone is 1. The number of hydrogen-bond acceptors (Lipinski definition) is 17. The van der Waals surface area contributed by atoms with E-state index in [4.69, 9.17) is 20.6 Å². The standard InChI is InChI=1S/C44H49N7O11S2/c1-22-28(40(57)36-29(18-34(46)54)44(61-2)41-31(49-41)21-51(44)38(36)39(22)56)17-35(55)62-13-15-64-63-14-3-4-27(52)12-10-25(43(59)60)16-32(53)24-8-5-23(6-9-24)7-11-26-20-47-30-19-33(45)50-42(58)37(30)48-26/h5-6,8-9,20,25,29,31,41,49H,3-4,7,10-19,21H2,1-2H3,(H2,46,54)(H,59,60)(H2,45,50,58)/t25-,29-,31+,41+,44-/m1/s1. The van der Waals surface area contributed by atoms with Crippen molar-refractivity contribution >= 4 is 74.3 Å². The molecular weight excluding hydrogens is 867 g/mol. The van der Waals surface area contributed by atoms with E-state index in [0.717, 1.165) is 5.56 Å². The van der Waals surface area contributed by atoms with Gasteiger partial charge in [0.2, 0.25) is 11.7 Å². The molecule has 338 valence electrons. The Balaban J connectivity index is 0.771. The molecule has 1 aromatic carbocycles. The Morgan fingerprint density at radius 3 is 2.53 bits per heavy atom. The third-order valence-corrected chi connectivity index (χ3v) is 14.8. The van der Waals surface area contributed by atoms with Gasteiger partial charge in [-0.1, -0.05) is 45.9 Å². The molecular formula is C44H49N7O11S2. The number of esters is 1. The van der Waals surface area contributed by atoms with Gasteiger partial charge in [0.1, 0.15) is 18.2 Å². The van der Waals surface area contributed by atoms with Crippen LogP contribution < -0.4 is 16.4 Å². The number of aliphatic carboxylic acids is 1. The summed E-state index contributed by atoms with van der Waals surface area (Å²) < 4.78 is 11.3. The number of carbonyl (C=O) groups is 8. The van der Waals surface area contributed by atoms with Crippen molar-refractivity contribution in [2.75, 3.05) is 31.8 Å². The average molecular weight is 916 g/mol. The Kier molecular flexibility index (Phi) is 14.3. The van der Waals surface area contributed by atoms with E-state index in [2.05, 4.69) is 20.6 Å². The van der Waals surface area contributed by atoms with Crippen LogP contribution in [0, 0.1) is 17.2 Å². The number of primary amides is 1. The maximum atomic E-state index is 13.9. The SMILES string of the molecule is CO[C@@]12[C@H](CC(N)=O)C3=C(C(=O)C(C)=C(CC(=O)OCCSSCCCC(=O)CC[C@H](CC(=O)c4ccc(CCc5cnc6c(n5)C(=O)NC(=N)C6)cc4)C(=O)O)C3=O)N1C[C@@H]1N[C@@H]12. The van der Waals surface area contributed by atoms with Crippen LogP contribution in [0.15, 0.2) is 52.9 Å². The minimum Gasteiger partial charge on any atom is -0.481 e. The van der Waals surface area contributed by atoms with Gasteiger partial charge in [0.25, 0.3) is 5.91 Å². The minimum absolute atomic E-state index is 0.0318. The van der Waals surface area contributed by atoms with E-state index in [-0.39, 0.29) is 109 Å². The number of methoxy groups -OCH3 is 1. The minimum atomic E-state index is -1.14. The highest BCUT2D eigenvalue weighted by atomic mass is 33.1. The lowest BCUT2D eigenvalue weighted by atomic mass is 9.78. The molecule has 4 aliphatic heterocycles. The first-order valence-electron chi connectivity index (χ1n) is 21.0. The molecule has 64 heavy (non-hydrogen) atoms. The summed E-state index contributed by atoms with van der Waals surface area (Å²) in [6, 6.07) is 6.75. The Hall–Kier alpha value is -5.57. The van der Waals surface area contributed by atoms with Gasteiger partial charge in [-0.05, 0) is 38.2 Å². The molecule has 5 aliphatic rings. The lowest BCUT2D eigenvalue weighted by molar-refractivity contribution is -0.143. The Labute approximate surface area is 376 Å². The average Bonchev–Trinajstić information content (AvgIpc) is 3.88. The van der Waals surface area contributed by atoms with Crippen molar-refractivity contribution in [3.05, 3.63) is 81.1 Å². The van der Waals surface area contributed by atoms with E-state index < -0.39 is 53.5 Å². The zero-order valence-electron chi connectivity index (χ0n) is 35.4. The molecule has 5 atom stereocenters. The molecule has 0 bridgehead atoms. The van der Waals surface area contributed by atoms with Crippen molar-refractivity contribution in [1.82, 2.24) is 25.5 Å². The van der Waals surface area contributed by atoms with Crippen molar-refractivity contribution in [2.24, 2.45) is 17.6 Å². The van der Waals surface area contributed by atoms with E-state index in [1.807, 2.05) is 0 Å². The number of fused-ring (bicyclic) bond motifs is 5. The van der Waals surface area contributed by atoms with Gasteiger partial charge in [0.05, 0.1) is 35.5 Å². The molecule has 2 aromatic rings. The summed E-state index contributed by atoms with van der Waals surface area (Å²) >= 11 is 0. The molecule has 18 nitrogen and oxygen atoms in total. The van der Waals surface area contributed by atoms with E-state index in [1.54, 1.807) is 35.4 Å². The Bertz CT molecular complexity index is 2390. The summed E-state index contributed by atoms with van der Waals surface area (Å²) in [6.45, 7) is 2.01. The van der Waals surface area contributed by atoms with Gasteiger partial charge < -0.3 is 35.8 Å². The largest absolute Gasteiger partial charge is 0.481 e. The third kappa shape index (κ3) is 9.74. The quantitative estimate of drug-likeness (QED) is 0.0267. The molecule has 2 amide bonds. The van der Waals surface area contributed by atoms with E-state index in [0.29, 0.717) is 54.3 Å². The molecule has 0 spiro atoms. The van der Waals surface area contributed by atoms with Gasteiger partial charge in [-0.2, -0.15) is 0 Å². The number of benzene rings is 1. The number of piperazine rings is 1. The summed E-state index contributed by atoms with van der Waals surface area (Å²) in [5, 5.41) is 23.2. The number of Topliss-reactive ketones (excluding diaryl/α,β-unsaturated/α-hetero) is 4. The highest BCUT2D eigenvalue weighted by molar-refractivity contribution is 8.76. The zero-order chi connectivity index (χ0) is 45.9. The van der Waals surface area contributed by atoms with Crippen LogP contribution in [0.3, 0.4) is 0 Å². The molecule has 1 aromatic heterocycles. The molecule has 6 N–H and O–H groups in total. The number of nitrogens with zero attached hydrogens (tertiary/aromatic N) is 3. The number of rotatable bonds is 23. The number of ether oxygens (including phenoxy) is 2. The molecule has 7 rings (SSSR count). The maximum Gasteiger partial charge on any atom is 0.310 e. The topological polar surface area (TPSA) is 288 Å². The van der Waals surface area contributed by atoms with Crippen LogP contribution in [0.25, 0.3) is 0 Å². The summed E-state index contributed by atoms with van der Waals surface area (Å²) in [4.78, 5) is 113. The third-order valence-electron chi connectivity index (χ3n) is 12.3. The Morgan fingerprint density at radius 2 is 1.81 bits per heavy atom. The normalized spacial score (nSPS) is 22.4. The smallest absolute Gasteiger partial charge is 0.310 e. The molecule has 20 heteroatoms. The summed E-state index contributed by atoms with van der Waals surface area (Å²) in [5.74, 6) is -4.86. The summed E-state index contributed by atoms with van der Waals surface area (Å²) in [5.41, 5.74) is 7.62. The fourth-order valence-electron chi connectivity index (χ4n) is 9.00. The van der Waals surface area contributed by atoms with E-state index in [9.17, 15) is 43.5 Å². The number of carboxylic acid groups (broad SMARTS) is 1. The first-order chi connectivity index (χ1) is 30.6. The number of aryl methyl sites for hydroxylation is 2. The summed E-state index contributed by atoms with van der Waals surface area (Å²) in [6.07, 6.45) is 2.91. The van der Waals surface area contributed by atoms with Crippen molar-refractivity contribution < 1.29 is 52.9 Å². The van der Waals surface area contributed by atoms with Crippen molar-refractivity contribution in [3.8, 4) is 0 Å². The predicted molar refractivity (Wildman–Crippen MR) is 233 cm³/mol. The molecule has 0 radical (unpaired) electrons. The number of carbonyl (C=O) groups excluding carboxylic acids is 7.